The number of hydrogen-bond acceptors (Lipinski definition) is 6. The lowest BCUT2D eigenvalue weighted by atomic mass is 9.95. The average molecular weight is 367 g/mol. The molecule has 0 saturated heterocycles. The van der Waals surface area contributed by atoms with Crippen molar-refractivity contribution < 1.29 is 27.4 Å². The molecule has 0 aliphatic heterocycles. The third-order valence-corrected chi connectivity index (χ3v) is 5.80. The molecule has 1 saturated carbocycles. The van der Waals surface area contributed by atoms with E-state index in [1.54, 1.807) is 12.1 Å². The monoisotopic (exact) mass is 367 g/mol. The van der Waals surface area contributed by atoms with Crippen molar-refractivity contribution in [3.8, 4) is 11.5 Å². The number of hydrogen-bond donors (Lipinski definition) is 2. The summed E-state index contributed by atoms with van der Waals surface area (Å²) < 4.78 is 43.3. The predicted molar refractivity (Wildman–Crippen MR) is 90.1 cm³/mol. The smallest absolute Gasteiger partial charge is 0.240 e. The Balaban J connectivity index is 1.82. The van der Waals surface area contributed by atoms with Gasteiger partial charge in [0.1, 0.15) is 11.4 Å². The van der Waals surface area contributed by atoms with Gasteiger partial charge in [0.25, 0.3) is 0 Å². The van der Waals surface area contributed by atoms with Crippen LogP contribution in [0.4, 0.5) is 0 Å². The largest absolute Gasteiger partial charge is 0.493 e. The number of aliphatic hydroxyl groups is 1. The van der Waals surface area contributed by atoms with Gasteiger partial charge in [0, 0.05) is 12.6 Å². The number of sulfonamides is 1. The Labute approximate surface area is 146 Å². The van der Waals surface area contributed by atoms with Crippen LogP contribution >= 0.6 is 0 Å². The first-order valence-electron chi connectivity index (χ1n) is 7.89. The summed E-state index contributed by atoms with van der Waals surface area (Å²) >= 11 is 0. The molecule has 1 aromatic heterocycles. The van der Waals surface area contributed by atoms with Crippen molar-refractivity contribution in [2.45, 2.75) is 23.3 Å². The summed E-state index contributed by atoms with van der Waals surface area (Å²) in [6, 6.07) is 7.65. The predicted octanol–water partition coefficient (Wildman–Crippen LogP) is 1.87. The quantitative estimate of drug-likeness (QED) is 0.739. The second kappa shape index (κ2) is 6.70. The number of nitrogens with one attached hydrogen (secondary N) is 1. The number of methoxy groups -OCH3 is 2. The molecule has 25 heavy (non-hydrogen) atoms. The normalized spacial score (nSPS) is 17.1. The summed E-state index contributed by atoms with van der Waals surface area (Å²) in [6.45, 7) is -0.165. The molecule has 2 N–H and O–H groups in total. The Morgan fingerprint density at radius 2 is 1.96 bits per heavy atom. The maximum atomic E-state index is 12.6. The average Bonchev–Trinajstić information content (AvgIpc) is 3.34. The van der Waals surface area contributed by atoms with Gasteiger partial charge in [-0.2, -0.15) is 0 Å². The van der Waals surface area contributed by atoms with E-state index in [0.717, 1.165) is 12.8 Å². The second-order valence-corrected chi connectivity index (χ2v) is 7.78. The van der Waals surface area contributed by atoms with E-state index in [4.69, 9.17) is 13.9 Å². The summed E-state index contributed by atoms with van der Waals surface area (Å²) in [6.07, 6.45) is 3.12. The summed E-state index contributed by atoms with van der Waals surface area (Å²) in [5.74, 6) is 1.09. The Hall–Kier alpha value is -2.03. The zero-order valence-corrected chi connectivity index (χ0v) is 14.9. The fourth-order valence-electron chi connectivity index (χ4n) is 2.79. The topological polar surface area (TPSA) is 98.0 Å². The third-order valence-electron chi connectivity index (χ3n) is 4.40. The minimum Gasteiger partial charge on any atom is -0.493 e. The maximum absolute atomic E-state index is 12.6. The van der Waals surface area contributed by atoms with Crippen molar-refractivity contribution in [1.29, 1.82) is 0 Å². The molecule has 1 aromatic carbocycles. The summed E-state index contributed by atoms with van der Waals surface area (Å²) in [5, 5.41) is 10.9. The van der Waals surface area contributed by atoms with Crippen molar-refractivity contribution in [2.75, 3.05) is 20.8 Å². The molecule has 1 aliphatic carbocycles. The SMILES string of the molecule is COc1ccc(S(=O)(=O)NCC(O)(c2ccco2)C2CC2)cc1OC. The van der Waals surface area contributed by atoms with E-state index in [0.29, 0.717) is 17.3 Å². The number of ether oxygens (including phenoxy) is 2. The van der Waals surface area contributed by atoms with Gasteiger partial charge in [-0.25, -0.2) is 13.1 Å². The zero-order chi connectivity index (χ0) is 18.1. The highest BCUT2D eigenvalue weighted by Crippen LogP contribution is 2.45. The Morgan fingerprint density at radius 1 is 1.24 bits per heavy atom. The number of rotatable bonds is 8. The van der Waals surface area contributed by atoms with E-state index >= 15 is 0 Å². The summed E-state index contributed by atoms with van der Waals surface area (Å²) in [5.41, 5.74) is -1.35. The fraction of sp³-hybridized carbons (Fsp3) is 0.412. The van der Waals surface area contributed by atoms with Crippen LogP contribution in [-0.2, 0) is 15.6 Å². The molecule has 0 radical (unpaired) electrons. The van der Waals surface area contributed by atoms with Crippen LogP contribution in [0.2, 0.25) is 0 Å². The molecular formula is C17H21NO6S. The molecule has 0 bridgehead atoms. The highest BCUT2D eigenvalue weighted by atomic mass is 32.2. The van der Waals surface area contributed by atoms with Gasteiger partial charge < -0.3 is 19.0 Å². The van der Waals surface area contributed by atoms with E-state index in [9.17, 15) is 13.5 Å². The van der Waals surface area contributed by atoms with E-state index in [1.807, 2.05) is 0 Å². The van der Waals surface area contributed by atoms with Crippen LogP contribution in [0.1, 0.15) is 18.6 Å². The zero-order valence-electron chi connectivity index (χ0n) is 14.1. The molecule has 0 spiro atoms. The first kappa shape index (κ1) is 17.8. The van der Waals surface area contributed by atoms with Crippen LogP contribution in [-0.4, -0.2) is 34.3 Å². The Bertz CT molecular complexity index is 829. The van der Waals surface area contributed by atoms with E-state index in [1.165, 1.54) is 38.7 Å². The lowest BCUT2D eigenvalue weighted by molar-refractivity contribution is -0.00224. The van der Waals surface area contributed by atoms with Gasteiger partial charge in [-0.1, -0.05) is 0 Å². The molecule has 1 atom stereocenters. The van der Waals surface area contributed by atoms with Gasteiger partial charge in [-0.15, -0.1) is 0 Å². The maximum Gasteiger partial charge on any atom is 0.240 e. The molecule has 1 fully saturated rings. The lowest BCUT2D eigenvalue weighted by Gasteiger charge is -2.26. The van der Waals surface area contributed by atoms with Gasteiger partial charge in [0.05, 0.1) is 25.4 Å². The Morgan fingerprint density at radius 3 is 2.52 bits per heavy atom. The van der Waals surface area contributed by atoms with Crippen molar-refractivity contribution in [2.24, 2.45) is 5.92 Å². The van der Waals surface area contributed by atoms with Crippen molar-refractivity contribution >= 4 is 10.0 Å². The standard InChI is InChI=1S/C17H21NO6S/c1-22-14-8-7-13(10-15(14)23-2)25(20,21)18-11-17(19,12-5-6-12)16-4-3-9-24-16/h3-4,7-10,12,18-19H,5-6,11H2,1-2H3. The third kappa shape index (κ3) is 3.51. The molecule has 136 valence electrons. The molecular weight excluding hydrogens is 346 g/mol. The van der Waals surface area contributed by atoms with E-state index in [2.05, 4.69) is 4.72 Å². The van der Waals surface area contributed by atoms with Crippen LogP contribution < -0.4 is 14.2 Å². The lowest BCUT2D eigenvalue weighted by Crippen LogP contribution is -2.42. The fourth-order valence-corrected chi connectivity index (χ4v) is 3.88. The number of furan rings is 1. The van der Waals surface area contributed by atoms with Crippen LogP contribution in [0.15, 0.2) is 45.9 Å². The Kier molecular flexibility index (Phi) is 4.77. The van der Waals surface area contributed by atoms with Crippen molar-refractivity contribution in [3.05, 3.63) is 42.4 Å². The molecule has 8 heteroatoms. The van der Waals surface area contributed by atoms with Crippen LogP contribution in [0.25, 0.3) is 0 Å². The summed E-state index contributed by atoms with van der Waals surface area (Å²) in [7, 11) is -0.925. The second-order valence-electron chi connectivity index (χ2n) is 6.02. The molecule has 3 rings (SSSR count). The van der Waals surface area contributed by atoms with Gasteiger partial charge in [-0.05, 0) is 43.0 Å². The highest BCUT2D eigenvalue weighted by molar-refractivity contribution is 7.89. The molecule has 1 unspecified atom stereocenters. The highest BCUT2D eigenvalue weighted by Gasteiger charge is 2.47. The molecule has 1 aliphatic rings. The first-order chi connectivity index (χ1) is 11.9. The van der Waals surface area contributed by atoms with E-state index in [-0.39, 0.29) is 17.4 Å². The van der Waals surface area contributed by atoms with E-state index < -0.39 is 15.6 Å². The molecule has 2 aromatic rings. The summed E-state index contributed by atoms with van der Waals surface area (Å²) in [4.78, 5) is 0.0303. The van der Waals surface area contributed by atoms with Crippen LogP contribution in [0.5, 0.6) is 11.5 Å². The van der Waals surface area contributed by atoms with Gasteiger partial charge in [0.15, 0.2) is 11.5 Å². The molecule has 7 nitrogen and oxygen atoms in total. The van der Waals surface area contributed by atoms with Gasteiger partial charge in [-0.3, -0.25) is 0 Å². The first-order valence-corrected chi connectivity index (χ1v) is 9.37. The minimum absolute atomic E-state index is 0.0215. The van der Waals surface area contributed by atoms with Crippen molar-refractivity contribution in [3.63, 3.8) is 0 Å². The van der Waals surface area contributed by atoms with Gasteiger partial charge in [0.2, 0.25) is 10.0 Å². The van der Waals surface area contributed by atoms with Gasteiger partial charge >= 0.3 is 0 Å². The van der Waals surface area contributed by atoms with Crippen LogP contribution in [0.3, 0.4) is 0 Å². The van der Waals surface area contributed by atoms with Crippen LogP contribution in [0, 0.1) is 5.92 Å². The number of benzene rings is 1. The van der Waals surface area contributed by atoms with Crippen molar-refractivity contribution in [1.82, 2.24) is 4.72 Å². The minimum atomic E-state index is -3.84. The molecule has 0 amide bonds. The molecule has 1 heterocycles.